The minimum atomic E-state index is -0.0824. The number of carbonyl (C=O) groups is 1. The van der Waals surface area contributed by atoms with Crippen molar-refractivity contribution in [3.05, 3.63) is 77.3 Å². The standard InChI is InChI=1S/C20H18N4OS/c1-14-13-26-20(23-14)16-6-4-5-15(11-16)19(25)21-9-8-18-22-12-17-7-2-3-10-24(17)18/h2-7,10-13H,8-9H2,1H3,(H,21,25). The Morgan fingerprint density at radius 1 is 1.23 bits per heavy atom. The number of thiazole rings is 1. The third-order valence-electron chi connectivity index (χ3n) is 4.14. The van der Waals surface area contributed by atoms with E-state index in [4.69, 9.17) is 0 Å². The number of aromatic nitrogens is 3. The van der Waals surface area contributed by atoms with E-state index in [1.165, 1.54) is 0 Å². The van der Waals surface area contributed by atoms with Gasteiger partial charge in [-0.2, -0.15) is 0 Å². The Kier molecular flexibility index (Phi) is 4.50. The Labute approximate surface area is 155 Å². The van der Waals surface area contributed by atoms with Crippen molar-refractivity contribution in [2.45, 2.75) is 13.3 Å². The lowest BCUT2D eigenvalue weighted by Gasteiger charge is -2.06. The summed E-state index contributed by atoms with van der Waals surface area (Å²) >= 11 is 1.59. The largest absolute Gasteiger partial charge is 0.352 e. The van der Waals surface area contributed by atoms with Gasteiger partial charge in [-0.3, -0.25) is 4.79 Å². The molecular formula is C20H18N4OS. The number of nitrogens with one attached hydrogen (secondary N) is 1. The number of hydrogen-bond acceptors (Lipinski definition) is 4. The molecule has 6 heteroatoms. The lowest BCUT2D eigenvalue weighted by molar-refractivity contribution is 0.0954. The van der Waals surface area contributed by atoms with E-state index in [1.54, 1.807) is 11.3 Å². The summed E-state index contributed by atoms with van der Waals surface area (Å²) in [5, 5.41) is 5.92. The Balaban J connectivity index is 1.42. The van der Waals surface area contributed by atoms with E-state index >= 15 is 0 Å². The van der Waals surface area contributed by atoms with Crippen LogP contribution in [-0.2, 0) is 6.42 Å². The van der Waals surface area contributed by atoms with E-state index in [0.29, 0.717) is 18.5 Å². The number of fused-ring (bicyclic) bond motifs is 1. The number of rotatable bonds is 5. The summed E-state index contributed by atoms with van der Waals surface area (Å²) in [6, 6.07) is 13.6. The molecule has 0 unspecified atom stereocenters. The van der Waals surface area contributed by atoms with Crippen LogP contribution in [-0.4, -0.2) is 26.8 Å². The summed E-state index contributed by atoms with van der Waals surface area (Å²) in [7, 11) is 0. The fourth-order valence-corrected chi connectivity index (χ4v) is 3.65. The fraction of sp³-hybridized carbons (Fsp3) is 0.150. The molecule has 26 heavy (non-hydrogen) atoms. The third-order valence-corrected chi connectivity index (χ3v) is 5.15. The molecule has 0 spiro atoms. The van der Waals surface area contributed by atoms with Gasteiger partial charge < -0.3 is 9.72 Å². The smallest absolute Gasteiger partial charge is 0.251 e. The number of aryl methyl sites for hydroxylation is 1. The molecule has 3 heterocycles. The van der Waals surface area contributed by atoms with Gasteiger partial charge in [-0.25, -0.2) is 9.97 Å². The number of imidazole rings is 1. The average molecular weight is 362 g/mol. The second-order valence-corrected chi connectivity index (χ2v) is 6.91. The van der Waals surface area contributed by atoms with Gasteiger partial charge in [0, 0.05) is 41.4 Å². The highest BCUT2D eigenvalue weighted by molar-refractivity contribution is 7.13. The molecule has 3 aromatic heterocycles. The van der Waals surface area contributed by atoms with E-state index in [9.17, 15) is 4.79 Å². The van der Waals surface area contributed by atoms with Gasteiger partial charge in [0.15, 0.2) is 0 Å². The van der Waals surface area contributed by atoms with E-state index in [1.807, 2.05) is 71.6 Å². The van der Waals surface area contributed by atoms with Crippen molar-refractivity contribution in [3.8, 4) is 10.6 Å². The monoisotopic (exact) mass is 362 g/mol. The van der Waals surface area contributed by atoms with Gasteiger partial charge in [-0.15, -0.1) is 11.3 Å². The first kappa shape index (κ1) is 16.5. The molecule has 1 amide bonds. The number of nitrogens with zero attached hydrogens (tertiary/aromatic N) is 3. The molecule has 0 aliphatic carbocycles. The van der Waals surface area contributed by atoms with Crippen LogP contribution in [0.1, 0.15) is 21.9 Å². The van der Waals surface area contributed by atoms with Crippen LogP contribution in [0.2, 0.25) is 0 Å². The van der Waals surface area contributed by atoms with Gasteiger partial charge in [0.05, 0.1) is 11.7 Å². The lowest BCUT2D eigenvalue weighted by atomic mass is 10.1. The number of amides is 1. The molecular weight excluding hydrogens is 344 g/mol. The Hall–Kier alpha value is -2.99. The van der Waals surface area contributed by atoms with Crippen LogP contribution in [0.15, 0.2) is 60.2 Å². The van der Waals surface area contributed by atoms with Crippen LogP contribution in [0, 0.1) is 6.92 Å². The van der Waals surface area contributed by atoms with Crippen LogP contribution < -0.4 is 5.32 Å². The van der Waals surface area contributed by atoms with Crippen LogP contribution in [0.3, 0.4) is 0 Å². The van der Waals surface area contributed by atoms with Crippen molar-refractivity contribution in [2.24, 2.45) is 0 Å². The molecule has 5 nitrogen and oxygen atoms in total. The third kappa shape index (κ3) is 3.36. The summed E-state index contributed by atoms with van der Waals surface area (Å²) in [5.74, 6) is 0.855. The molecule has 1 N–H and O–H groups in total. The van der Waals surface area contributed by atoms with Crippen molar-refractivity contribution in [2.75, 3.05) is 6.54 Å². The molecule has 0 aliphatic heterocycles. The molecule has 4 rings (SSSR count). The molecule has 4 aromatic rings. The lowest BCUT2D eigenvalue weighted by Crippen LogP contribution is -2.26. The number of benzene rings is 1. The Morgan fingerprint density at radius 2 is 2.15 bits per heavy atom. The first-order valence-electron chi connectivity index (χ1n) is 8.42. The van der Waals surface area contributed by atoms with Crippen molar-refractivity contribution < 1.29 is 4.79 Å². The molecule has 130 valence electrons. The molecule has 1 aromatic carbocycles. The van der Waals surface area contributed by atoms with E-state index < -0.39 is 0 Å². The summed E-state index contributed by atoms with van der Waals surface area (Å²) in [4.78, 5) is 21.4. The normalized spacial score (nSPS) is 11.0. The van der Waals surface area contributed by atoms with Gasteiger partial charge in [-0.1, -0.05) is 18.2 Å². The number of pyridine rings is 1. The zero-order valence-electron chi connectivity index (χ0n) is 14.3. The quantitative estimate of drug-likeness (QED) is 0.588. The van der Waals surface area contributed by atoms with Gasteiger partial charge in [-0.05, 0) is 31.2 Å². The fourth-order valence-electron chi connectivity index (χ4n) is 2.85. The van der Waals surface area contributed by atoms with E-state index in [0.717, 1.165) is 27.6 Å². The zero-order chi connectivity index (χ0) is 17.9. The van der Waals surface area contributed by atoms with Crippen molar-refractivity contribution in [3.63, 3.8) is 0 Å². The summed E-state index contributed by atoms with van der Waals surface area (Å²) in [6.07, 6.45) is 4.50. The summed E-state index contributed by atoms with van der Waals surface area (Å²) < 4.78 is 2.04. The zero-order valence-corrected chi connectivity index (χ0v) is 15.2. The summed E-state index contributed by atoms with van der Waals surface area (Å²) in [5.41, 5.74) is 3.66. The second kappa shape index (κ2) is 7.09. The van der Waals surface area contributed by atoms with Crippen LogP contribution >= 0.6 is 11.3 Å². The van der Waals surface area contributed by atoms with Gasteiger partial charge in [0.1, 0.15) is 10.8 Å². The van der Waals surface area contributed by atoms with Crippen LogP contribution in [0.25, 0.3) is 16.1 Å². The second-order valence-electron chi connectivity index (χ2n) is 6.05. The van der Waals surface area contributed by atoms with Crippen molar-refractivity contribution >= 4 is 22.8 Å². The molecule has 0 aliphatic rings. The SMILES string of the molecule is Cc1csc(-c2cccc(C(=O)NCCc3ncc4ccccn34)c2)n1. The topological polar surface area (TPSA) is 59.3 Å². The highest BCUT2D eigenvalue weighted by Gasteiger charge is 2.09. The molecule has 0 saturated carbocycles. The average Bonchev–Trinajstić information content (AvgIpc) is 3.28. The minimum absolute atomic E-state index is 0.0824. The van der Waals surface area contributed by atoms with Crippen molar-refractivity contribution in [1.82, 2.24) is 19.7 Å². The highest BCUT2D eigenvalue weighted by Crippen LogP contribution is 2.24. The van der Waals surface area contributed by atoms with Gasteiger partial charge in [0.2, 0.25) is 0 Å². The van der Waals surface area contributed by atoms with E-state index in [-0.39, 0.29) is 5.91 Å². The first-order chi connectivity index (χ1) is 12.7. The minimum Gasteiger partial charge on any atom is -0.352 e. The first-order valence-corrected chi connectivity index (χ1v) is 9.30. The molecule has 0 atom stereocenters. The molecule has 0 saturated heterocycles. The van der Waals surface area contributed by atoms with E-state index in [2.05, 4.69) is 15.3 Å². The predicted octanol–water partition coefficient (Wildman–Crippen LogP) is 3.74. The Morgan fingerprint density at radius 3 is 3.00 bits per heavy atom. The number of hydrogen-bond donors (Lipinski definition) is 1. The summed E-state index contributed by atoms with van der Waals surface area (Å²) in [6.45, 7) is 2.50. The number of carbonyl (C=O) groups excluding carboxylic acids is 1. The van der Waals surface area contributed by atoms with Crippen molar-refractivity contribution in [1.29, 1.82) is 0 Å². The maximum absolute atomic E-state index is 12.5. The molecule has 0 radical (unpaired) electrons. The molecule has 0 fully saturated rings. The highest BCUT2D eigenvalue weighted by atomic mass is 32.1. The van der Waals surface area contributed by atoms with Crippen LogP contribution in [0.5, 0.6) is 0 Å². The predicted molar refractivity (Wildman–Crippen MR) is 104 cm³/mol. The van der Waals surface area contributed by atoms with Crippen LogP contribution in [0.4, 0.5) is 0 Å². The maximum Gasteiger partial charge on any atom is 0.251 e. The molecule has 0 bridgehead atoms. The van der Waals surface area contributed by atoms with Gasteiger partial charge in [0.25, 0.3) is 5.91 Å². The van der Waals surface area contributed by atoms with Gasteiger partial charge >= 0.3 is 0 Å². The maximum atomic E-state index is 12.5. The Bertz CT molecular complexity index is 1070.